The van der Waals surface area contributed by atoms with Crippen LogP contribution in [0.4, 0.5) is 4.79 Å². The lowest BCUT2D eigenvalue weighted by atomic mass is 9.99. The molecule has 0 aromatic carbocycles. The second-order valence-electron chi connectivity index (χ2n) is 6.29. The van der Waals surface area contributed by atoms with Crippen LogP contribution in [0.5, 0.6) is 0 Å². The lowest BCUT2D eigenvalue weighted by Crippen LogP contribution is -2.48. The van der Waals surface area contributed by atoms with Gasteiger partial charge in [0.15, 0.2) is 0 Å². The van der Waals surface area contributed by atoms with E-state index in [1.165, 1.54) is 0 Å². The van der Waals surface area contributed by atoms with Crippen molar-refractivity contribution in [3.05, 3.63) is 0 Å². The Morgan fingerprint density at radius 1 is 1.35 bits per heavy atom. The lowest BCUT2D eigenvalue weighted by Gasteiger charge is -2.27. The van der Waals surface area contributed by atoms with Gasteiger partial charge in [-0.3, -0.25) is 0 Å². The molecule has 0 aromatic rings. The van der Waals surface area contributed by atoms with Crippen LogP contribution in [-0.4, -0.2) is 28.9 Å². The van der Waals surface area contributed by atoms with Crippen molar-refractivity contribution >= 4 is 6.09 Å². The van der Waals surface area contributed by atoms with Gasteiger partial charge in [-0.15, -0.1) is 5.92 Å². The number of ether oxygens (including phenoxy) is 1. The van der Waals surface area contributed by atoms with Crippen molar-refractivity contribution < 1.29 is 14.6 Å². The molecule has 0 spiro atoms. The Labute approximate surface area is 123 Å². The van der Waals surface area contributed by atoms with E-state index in [1.54, 1.807) is 20.8 Å². The first kappa shape index (κ1) is 18.8. The Morgan fingerprint density at radius 3 is 2.40 bits per heavy atom. The summed E-state index contributed by atoms with van der Waals surface area (Å²) in [5, 5.41) is 12.8. The smallest absolute Gasteiger partial charge is 0.408 e. The van der Waals surface area contributed by atoms with Gasteiger partial charge in [0.2, 0.25) is 0 Å². The van der Waals surface area contributed by atoms with Crippen molar-refractivity contribution in [1.82, 2.24) is 5.32 Å². The maximum Gasteiger partial charge on any atom is 0.408 e. The molecule has 0 rings (SSSR count). The number of carbonyl (C=O) groups excluding carboxylic acids is 1. The summed E-state index contributed by atoms with van der Waals surface area (Å²) in [5.74, 6) is 5.82. The Hall–Kier alpha value is -1.21. The molecule has 0 aliphatic rings. The molecular weight excluding hydrogens is 254 g/mol. The minimum Gasteiger partial charge on any atom is -0.444 e. The molecule has 2 N–H and O–H groups in total. The van der Waals surface area contributed by atoms with Crippen LogP contribution in [-0.2, 0) is 4.74 Å². The number of rotatable bonds is 5. The summed E-state index contributed by atoms with van der Waals surface area (Å²) in [7, 11) is 0. The van der Waals surface area contributed by atoms with Crippen molar-refractivity contribution in [1.29, 1.82) is 0 Å². The van der Waals surface area contributed by atoms with E-state index in [2.05, 4.69) is 24.1 Å². The minimum absolute atomic E-state index is 0.0676. The van der Waals surface area contributed by atoms with Gasteiger partial charge in [-0.05, 0) is 33.1 Å². The third kappa shape index (κ3) is 8.82. The van der Waals surface area contributed by atoms with Crippen molar-refractivity contribution in [3.63, 3.8) is 0 Å². The molecule has 20 heavy (non-hydrogen) atoms. The molecular formula is C16H29NO3. The van der Waals surface area contributed by atoms with Gasteiger partial charge in [0.05, 0.1) is 6.04 Å². The van der Waals surface area contributed by atoms with Crippen LogP contribution in [0.15, 0.2) is 0 Å². The van der Waals surface area contributed by atoms with Crippen molar-refractivity contribution in [2.45, 2.75) is 78.6 Å². The summed E-state index contributed by atoms with van der Waals surface area (Å²) < 4.78 is 5.20. The summed E-state index contributed by atoms with van der Waals surface area (Å²) in [4.78, 5) is 11.8. The Balaban J connectivity index is 4.55. The molecule has 0 heterocycles. The quantitative estimate of drug-likeness (QED) is 0.602. The molecule has 4 heteroatoms. The lowest BCUT2D eigenvalue weighted by molar-refractivity contribution is 0.0429. The third-order valence-corrected chi connectivity index (χ3v) is 2.65. The van der Waals surface area contributed by atoms with Gasteiger partial charge in [0.1, 0.15) is 11.7 Å². The normalized spacial score (nSPS) is 14.2. The Kier molecular flexibility index (Phi) is 8.33. The van der Waals surface area contributed by atoms with Gasteiger partial charge in [0.25, 0.3) is 0 Å². The molecule has 0 unspecified atom stereocenters. The zero-order chi connectivity index (χ0) is 15.8. The molecule has 116 valence electrons. The number of hydrogen-bond donors (Lipinski definition) is 2. The van der Waals surface area contributed by atoms with Crippen LogP contribution in [0.25, 0.3) is 0 Å². The molecule has 0 saturated heterocycles. The molecule has 0 radical (unpaired) electrons. The van der Waals surface area contributed by atoms with Crippen molar-refractivity contribution in [2.75, 3.05) is 0 Å². The summed E-state index contributed by atoms with van der Waals surface area (Å²) >= 11 is 0. The minimum atomic E-state index is -0.876. The number of alkyl carbamates (subject to hydrolysis) is 1. The largest absolute Gasteiger partial charge is 0.444 e. The number of aliphatic hydroxyl groups is 1. The van der Waals surface area contributed by atoms with Crippen LogP contribution < -0.4 is 5.32 Å². The van der Waals surface area contributed by atoms with Gasteiger partial charge in [-0.2, -0.15) is 0 Å². The molecule has 4 nitrogen and oxygen atoms in total. The van der Waals surface area contributed by atoms with E-state index in [-0.39, 0.29) is 5.92 Å². The topological polar surface area (TPSA) is 58.6 Å². The van der Waals surface area contributed by atoms with Crippen LogP contribution >= 0.6 is 0 Å². The molecule has 0 aliphatic heterocycles. The fourth-order valence-corrected chi connectivity index (χ4v) is 1.59. The number of hydrogen-bond acceptors (Lipinski definition) is 3. The first-order chi connectivity index (χ1) is 9.17. The highest BCUT2D eigenvalue weighted by Gasteiger charge is 2.25. The summed E-state index contributed by atoms with van der Waals surface area (Å²) in [6.07, 6.45) is 1.47. The van der Waals surface area contributed by atoms with Crippen molar-refractivity contribution in [2.24, 2.45) is 5.92 Å². The Morgan fingerprint density at radius 2 is 1.95 bits per heavy atom. The van der Waals surface area contributed by atoms with E-state index in [9.17, 15) is 9.90 Å². The van der Waals surface area contributed by atoms with Gasteiger partial charge < -0.3 is 15.2 Å². The molecule has 0 saturated carbocycles. The first-order valence-corrected chi connectivity index (χ1v) is 7.33. The van der Waals surface area contributed by atoms with E-state index in [0.717, 1.165) is 19.3 Å². The molecule has 0 aromatic heterocycles. The standard InChI is InChI=1S/C16H29NO3/c1-7-8-9-10-11-13(18)14(12(2)3)17-15(19)20-16(4,5)6/h12-14,18H,7-9H2,1-6H3,(H,17,19)/t13-,14-/m1/s1. The maximum atomic E-state index is 11.8. The summed E-state index contributed by atoms with van der Waals surface area (Å²) in [5.41, 5.74) is -0.552. The summed E-state index contributed by atoms with van der Waals surface area (Å²) in [6, 6.07) is -0.432. The first-order valence-electron chi connectivity index (χ1n) is 7.33. The fraction of sp³-hybridized carbons (Fsp3) is 0.812. The van der Waals surface area contributed by atoms with E-state index in [0.29, 0.717) is 0 Å². The number of carbonyl (C=O) groups is 1. The number of nitrogens with one attached hydrogen (secondary N) is 1. The van der Waals surface area contributed by atoms with Gasteiger partial charge in [0, 0.05) is 6.42 Å². The Bertz CT molecular complexity index is 347. The molecule has 2 atom stereocenters. The average molecular weight is 283 g/mol. The highest BCUT2D eigenvalue weighted by atomic mass is 16.6. The molecule has 0 fully saturated rings. The average Bonchev–Trinajstić information content (AvgIpc) is 2.28. The van der Waals surface area contributed by atoms with Crippen LogP contribution in [0.3, 0.4) is 0 Å². The van der Waals surface area contributed by atoms with Gasteiger partial charge >= 0.3 is 6.09 Å². The van der Waals surface area contributed by atoms with E-state index >= 15 is 0 Å². The molecule has 0 aliphatic carbocycles. The number of amides is 1. The summed E-state index contributed by atoms with van der Waals surface area (Å²) in [6.45, 7) is 11.4. The maximum absolute atomic E-state index is 11.8. The predicted octanol–water partition coefficient (Wildman–Crippen LogP) is 3.09. The van der Waals surface area contributed by atoms with Gasteiger partial charge in [-0.1, -0.05) is 33.1 Å². The second kappa shape index (κ2) is 8.86. The fourth-order valence-electron chi connectivity index (χ4n) is 1.59. The zero-order valence-electron chi connectivity index (χ0n) is 13.6. The van der Waals surface area contributed by atoms with Gasteiger partial charge in [-0.25, -0.2) is 4.79 Å². The van der Waals surface area contributed by atoms with E-state index < -0.39 is 23.8 Å². The predicted molar refractivity (Wildman–Crippen MR) is 81.3 cm³/mol. The SMILES string of the molecule is CCCCC#C[C@@H](O)[C@H](NC(=O)OC(C)(C)C)C(C)C. The number of unbranched alkanes of at least 4 members (excludes halogenated alkanes) is 2. The monoisotopic (exact) mass is 283 g/mol. The van der Waals surface area contributed by atoms with Crippen LogP contribution in [0.2, 0.25) is 0 Å². The van der Waals surface area contributed by atoms with Crippen molar-refractivity contribution in [3.8, 4) is 11.8 Å². The molecule has 1 amide bonds. The van der Waals surface area contributed by atoms with Crippen LogP contribution in [0.1, 0.15) is 60.8 Å². The van der Waals surface area contributed by atoms with E-state index in [4.69, 9.17) is 4.74 Å². The van der Waals surface area contributed by atoms with Crippen LogP contribution in [0, 0.1) is 17.8 Å². The van der Waals surface area contributed by atoms with E-state index in [1.807, 2.05) is 13.8 Å². The second-order valence-corrected chi connectivity index (χ2v) is 6.29. The third-order valence-electron chi connectivity index (χ3n) is 2.65. The highest BCUT2D eigenvalue weighted by molar-refractivity contribution is 5.68. The molecule has 0 bridgehead atoms. The number of aliphatic hydroxyl groups excluding tert-OH is 1. The zero-order valence-corrected chi connectivity index (χ0v) is 13.6. The highest BCUT2D eigenvalue weighted by Crippen LogP contribution is 2.10.